The van der Waals surface area contributed by atoms with Gasteiger partial charge in [-0.2, -0.15) is 0 Å². The fraction of sp³-hybridized carbons (Fsp3) is 0.889. The molecule has 0 aromatic heterocycles. The van der Waals surface area contributed by atoms with Gasteiger partial charge in [-0.25, -0.2) is 13.1 Å². The van der Waals surface area contributed by atoms with E-state index in [2.05, 4.69) is 9.46 Å². The molecule has 0 atom stereocenters. The lowest BCUT2D eigenvalue weighted by Crippen LogP contribution is -2.52. The van der Waals surface area contributed by atoms with E-state index in [1.165, 1.54) is 6.92 Å². The highest BCUT2D eigenvalue weighted by molar-refractivity contribution is 7.89. The van der Waals surface area contributed by atoms with Gasteiger partial charge in [0.05, 0.1) is 37.5 Å². The average molecular weight is 269 g/mol. The molecule has 0 radical (unpaired) electrons. The second-order valence-corrected chi connectivity index (χ2v) is 5.69. The summed E-state index contributed by atoms with van der Waals surface area (Å²) in [6.45, 7) is 2.09. The van der Waals surface area contributed by atoms with E-state index in [9.17, 15) is 13.2 Å². The predicted molar refractivity (Wildman–Crippen MR) is 60.7 cm³/mol. The zero-order chi connectivity index (χ0) is 13.5. The van der Waals surface area contributed by atoms with Gasteiger partial charge in [0.15, 0.2) is 0 Å². The number of ether oxygens (including phenoxy) is 1. The molecule has 0 aromatic carbocycles. The van der Waals surface area contributed by atoms with Gasteiger partial charge in [0.25, 0.3) is 0 Å². The SMILES string of the molecule is CCOC(=O)CCS(=O)(=O)NC(C)(CO)CO. The van der Waals surface area contributed by atoms with Crippen LogP contribution < -0.4 is 4.72 Å². The van der Waals surface area contributed by atoms with E-state index < -0.39 is 40.5 Å². The van der Waals surface area contributed by atoms with Crippen LogP contribution >= 0.6 is 0 Å². The van der Waals surface area contributed by atoms with Crippen molar-refractivity contribution in [3.8, 4) is 0 Å². The third kappa shape index (κ3) is 6.57. The maximum Gasteiger partial charge on any atom is 0.306 e. The maximum atomic E-state index is 11.5. The van der Waals surface area contributed by atoms with Gasteiger partial charge in [-0.3, -0.25) is 4.79 Å². The third-order valence-electron chi connectivity index (χ3n) is 1.98. The molecule has 0 saturated carbocycles. The van der Waals surface area contributed by atoms with Crippen LogP contribution in [-0.2, 0) is 19.6 Å². The van der Waals surface area contributed by atoms with E-state index in [1.54, 1.807) is 6.92 Å². The number of carbonyl (C=O) groups excluding carboxylic acids is 1. The van der Waals surface area contributed by atoms with Crippen molar-refractivity contribution < 1.29 is 28.2 Å². The van der Waals surface area contributed by atoms with E-state index in [1.807, 2.05) is 0 Å². The molecular formula is C9H19NO6S. The van der Waals surface area contributed by atoms with Crippen LogP contribution in [0.4, 0.5) is 0 Å². The summed E-state index contributed by atoms with van der Waals surface area (Å²) in [5.41, 5.74) is -1.33. The molecule has 0 aliphatic carbocycles. The van der Waals surface area contributed by atoms with Gasteiger partial charge >= 0.3 is 5.97 Å². The Kier molecular flexibility index (Phi) is 6.61. The number of hydrogen-bond acceptors (Lipinski definition) is 6. The second-order valence-electron chi connectivity index (χ2n) is 3.85. The zero-order valence-electron chi connectivity index (χ0n) is 9.97. The van der Waals surface area contributed by atoms with Crippen LogP contribution in [0.2, 0.25) is 0 Å². The van der Waals surface area contributed by atoms with E-state index in [0.29, 0.717) is 0 Å². The minimum absolute atomic E-state index is 0.192. The van der Waals surface area contributed by atoms with Gasteiger partial charge in [-0.1, -0.05) is 0 Å². The van der Waals surface area contributed by atoms with E-state index in [0.717, 1.165) is 0 Å². The number of nitrogens with one attached hydrogen (secondary N) is 1. The standard InChI is InChI=1S/C9H19NO6S/c1-3-16-8(13)4-5-17(14,15)10-9(2,6-11)7-12/h10-12H,3-7H2,1-2H3. The van der Waals surface area contributed by atoms with Crippen molar-refractivity contribution in [3.63, 3.8) is 0 Å². The van der Waals surface area contributed by atoms with Crippen LogP contribution in [0.25, 0.3) is 0 Å². The number of esters is 1. The van der Waals surface area contributed by atoms with Gasteiger partial charge in [0.1, 0.15) is 0 Å². The summed E-state index contributed by atoms with van der Waals surface area (Å²) in [7, 11) is -3.75. The van der Waals surface area contributed by atoms with Crippen molar-refractivity contribution in [2.24, 2.45) is 0 Å². The second kappa shape index (κ2) is 6.90. The molecule has 0 unspecified atom stereocenters. The highest BCUT2D eigenvalue weighted by Gasteiger charge is 2.28. The molecule has 0 rings (SSSR count). The van der Waals surface area contributed by atoms with Crippen molar-refractivity contribution in [2.45, 2.75) is 25.8 Å². The Hall–Kier alpha value is -0.700. The van der Waals surface area contributed by atoms with Crippen LogP contribution in [0, 0.1) is 0 Å². The Morgan fingerprint density at radius 2 is 1.88 bits per heavy atom. The van der Waals surface area contributed by atoms with Gasteiger partial charge in [0.2, 0.25) is 10.0 Å². The monoisotopic (exact) mass is 269 g/mol. The van der Waals surface area contributed by atoms with Crippen molar-refractivity contribution in [1.82, 2.24) is 4.72 Å². The summed E-state index contributed by atoms with van der Waals surface area (Å²) in [6, 6.07) is 0. The van der Waals surface area contributed by atoms with Crippen molar-refractivity contribution in [2.75, 3.05) is 25.6 Å². The Bertz CT molecular complexity index is 335. The van der Waals surface area contributed by atoms with Gasteiger partial charge in [0, 0.05) is 0 Å². The summed E-state index contributed by atoms with van der Waals surface area (Å²) in [4.78, 5) is 11.0. The minimum Gasteiger partial charge on any atom is -0.466 e. The van der Waals surface area contributed by atoms with E-state index in [4.69, 9.17) is 10.2 Å². The first-order valence-electron chi connectivity index (χ1n) is 5.17. The molecule has 0 spiro atoms. The fourth-order valence-corrected chi connectivity index (χ4v) is 2.41. The molecular weight excluding hydrogens is 250 g/mol. The molecule has 0 aliphatic rings. The van der Waals surface area contributed by atoms with Crippen LogP contribution in [-0.4, -0.2) is 55.7 Å². The summed E-state index contributed by atoms with van der Waals surface area (Å²) < 4.78 is 29.8. The molecule has 0 aliphatic heterocycles. The first-order chi connectivity index (χ1) is 7.78. The lowest BCUT2D eigenvalue weighted by molar-refractivity contribution is -0.142. The Labute approximate surface area is 101 Å². The molecule has 102 valence electrons. The molecule has 0 fully saturated rings. The molecule has 8 heteroatoms. The number of sulfonamides is 1. The van der Waals surface area contributed by atoms with Crippen LogP contribution in [0.1, 0.15) is 20.3 Å². The third-order valence-corrected chi connectivity index (χ3v) is 3.53. The maximum absolute atomic E-state index is 11.5. The first-order valence-corrected chi connectivity index (χ1v) is 6.83. The Morgan fingerprint density at radius 1 is 1.35 bits per heavy atom. The van der Waals surface area contributed by atoms with E-state index in [-0.39, 0.29) is 13.0 Å². The molecule has 0 amide bonds. The number of aliphatic hydroxyl groups is 2. The quantitative estimate of drug-likeness (QED) is 0.467. The van der Waals surface area contributed by atoms with Crippen molar-refractivity contribution >= 4 is 16.0 Å². The lowest BCUT2D eigenvalue weighted by atomic mass is 10.1. The minimum atomic E-state index is -3.75. The lowest BCUT2D eigenvalue weighted by Gasteiger charge is -2.25. The largest absolute Gasteiger partial charge is 0.466 e. The molecule has 7 nitrogen and oxygen atoms in total. The fourth-order valence-electron chi connectivity index (χ4n) is 0.992. The Morgan fingerprint density at radius 3 is 2.29 bits per heavy atom. The topological polar surface area (TPSA) is 113 Å². The Balaban J connectivity index is 4.35. The number of aliphatic hydroxyl groups excluding tert-OH is 2. The summed E-state index contributed by atoms with van der Waals surface area (Å²) >= 11 is 0. The summed E-state index contributed by atoms with van der Waals surface area (Å²) in [5.74, 6) is -1.05. The average Bonchev–Trinajstić information content (AvgIpc) is 2.26. The molecule has 3 N–H and O–H groups in total. The van der Waals surface area contributed by atoms with Crippen LogP contribution in [0.5, 0.6) is 0 Å². The van der Waals surface area contributed by atoms with Crippen LogP contribution in [0.15, 0.2) is 0 Å². The molecule has 0 heterocycles. The van der Waals surface area contributed by atoms with Crippen molar-refractivity contribution in [1.29, 1.82) is 0 Å². The van der Waals surface area contributed by atoms with Gasteiger partial charge < -0.3 is 14.9 Å². The summed E-state index contributed by atoms with van der Waals surface area (Å²) in [5, 5.41) is 17.9. The highest BCUT2D eigenvalue weighted by Crippen LogP contribution is 2.05. The van der Waals surface area contributed by atoms with Crippen molar-refractivity contribution in [3.05, 3.63) is 0 Å². The number of hydrogen-bond donors (Lipinski definition) is 3. The zero-order valence-corrected chi connectivity index (χ0v) is 10.8. The van der Waals surface area contributed by atoms with Gasteiger partial charge in [-0.15, -0.1) is 0 Å². The van der Waals surface area contributed by atoms with E-state index >= 15 is 0 Å². The molecule has 0 saturated heterocycles. The molecule has 17 heavy (non-hydrogen) atoms. The normalized spacial score (nSPS) is 12.5. The van der Waals surface area contributed by atoms with Gasteiger partial charge in [-0.05, 0) is 13.8 Å². The molecule has 0 aromatic rings. The summed E-state index contributed by atoms with van der Waals surface area (Å²) in [6.07, 6.45) is -0.268. The highest BCUT2D eigenvalue weighted by atomic mass is 32.2. The first kappa shape index (κ1) is 16.3. The number of carbonyl (C=O) groups is 1. The predicted octanol–water partition coefficient (Wildman–Crippen LogP) is -1.40. The number of rotatable bonds is 8. The molecule has 0 bridgehead atoms. The smallest absolute Gasteiger partial charge is 0.306 e. The van der Waals surface area contributed by atoms with Crippen LogP contribution in [0.3, 0.4) is 0 Å².